The molecule has 0 fully saturated rings. The number of imidazole rings is 1. The standard InChI is InChI=1S/C14H12N6O/c15-14(18-21)13-12-7-20-11(5-6-17-20)9-3-1-2-4-10(9)19(12)8-16-13/h1-6,8,21H,7H2,(H2,15,18). The molecule has 0 unspecified atom stereocenters. The van der Waals surface area contributed by atoms with E-state index in [4.69, 9.17) is 10.9 Å². The van der Waals surface area contributed by atoms with E-state index < -0.39 is 0 Å². The third-order valence-electron chi connectivity index (χ3n) is 3.67. The lowest BCUT2D eigenvalue weighted by Gasteiger charge is -2.08. The first-order chi connectivity index (χ1) is 10.3. The number of oxime groups is 1. The van der Waals surface area contributed by atoms with Crippen molar-refractivity contribution in [2.45, 2.75) is 6.54 Å². The van der Waals surface area contributed by atoms with Gasteiger partial charge in [0.05, 0.1) is 23.6 Å². The summed E-state index contributed by atoms with van der Waals surface area (Å²) < 4.78 is 3.84. The van der Waals surface area contributed by atoms with Crippen LogP contribution in [0.1, 0.15) is 11.4 Å². The Morgan fingerprint density at radius 2 is 2.14 bits per heavy atom. The van der Waals surface area contributed by atoms with Crippen LogP contribution in [0.25, 0.3) is 16.9 Å². The second-order valence-electron chi connectivity index (χ2n) is 4.79. The van der Waals surface area contributed by atoms with Crippen LogP contribution in [0.2, 0.25) is 0 Å². The lowest BCUT2D eigenvalue weighted by molar-refractivity contribution is 0.318. The van der Waals surface area contributed by atoms with Crippen molar-refractivity contribution in [2.75, 3.05) is 0 Å². The van der Waals surface area contributed by atoms with Crippen LogP contribution in [-0.2, 0) is 6.54 Å². The Labute approximate surface area is 119 Å². The minimum Gasteiger partial charge on any atom is -0.409 e. The number of fused-ring (bicyclic) bond motifs is 5. The fraction of sp³-hybridized carbons (Fsp3) is 0.0714. The number of amidine groups is 1. The Hall–Kier alpha value is -3.09. The van der Waals surface area contributed by atoms with Crippen molar-refractivity contribution in [3.63, 3.8) is 0 Å². The predicted octanol–water partition coefficient (Wildman–Crippen LogP) is 1.19. The van der Waals surface area contributed by atoms with Crippen LogP contribution in [0.15, 0.2) is 48.0 Å². The van der Waals surface area contributed by atoms with E-state index in [-0.39, 0.29) is 5.84 Å². The molecule has 0 bridgehead atoms. The molecule has 0 aliphatic carbocycles. The maximum atomic E-state index is 8.92. The zero-order valence-corrected chi connectivity index (χ0v) is 11.0. The van der Waals surface area contributed by atoms with Gasteiger partial charge in [0.15, 0.2) is 5.84 Å². The van der Waals surface area contributed by atoms with E-state index >= 15 is 0 Å². The molecule has 104 valence electrons. The SMILES string of the molecule is NC(=NO)c1ncn2c1Cn1nccc1-c1ccccc1-2. The zero-order chi connectivity index (χ0) is 14.4. The number of nitrogens with two attached hydrogens (primary N) is 1. The van der Waals surface area contributed by atoms with Gasteiger partial charge in [-0.3, -0.25) is 9.25 Å². The fourth-order valence-electron chi connectivity index (χ4n) is 2.72. The molecule has 3 heterocycles. The van der Waals surface area contributed by atoms with Crippen molar-refractivity contribution in [1.29, 1.82) is 0 Å². The number of aromatic nitrogens is 4. The van der Waals surface area contributed by atoms with Crippen molar-refractivity contribution in [2.24, 2.45) is 10.9 Å². The molecule has 7 heteroatoms. The number of para-hydroxylation sites is 1. The quantitative estimate of drug-likeness (QED) is 0.237. The second kappa shape index (κ2) is 4.20. The zero-order valence-electron chi connectivity index (χ0n) is 11.0. The van der Waals surface area contributed by atoms with E-state index in [1.165, 1.54) is 0 Å². The smallest absolute Gasteiger partial charge is 0.190 e. The molecule has 0 saturated heterocycles. The van der Waals surface area contributed by atoms with Gasteiger partial charge in [-0.15, -0.1) is 0 Å². The summed E-state index contributed by atoms with van der Waals surface area (Å²) in [7, 11) is 0. The van der Waals surface area contributed by atoms with Gasteiger partial charge in [0.2, 0.25) is 0 Å². The first kappa shape index (κ1) is 11.7. The summed E-state index contributed by atoms with van der Waals surface area (Å²) in [5.74, 6) is -0.00293. The second-order valence-corrected chi connectivity index (χ2v) is 4.79. The molecule has 1 aromatic carbocycles. The minimum atomic E-state index is -0.00293. The molecule has 0 atom stereocenters. The molecule has 21 heavy (non-hydrogen) atoms. The predicted molar refractivity (Wildman–Crippen MR) is 76.4 cm³/mol. The molecule has 3 N–H and O–H groups in total. The fourth-order valence-corrected chi connectivity index (χ4v) is 2.72. The van der Waals surface area contributed by atoms with Crippen LogP contribution in [0.4, 0.5) is 0 Å². The van der Waals surface area contributed by atoms with Crippen LogP contribution >= 0.6 is 0 Å². The Morgan fingerprint density at radius 3 is 3.00 bits per heavy atom. The van der Waals surface area contributed by atoms with Crippen molar-refractivity contribution in [1.82, 2.24) is 19.3 Å². The summed E-state index contributed by atoms with van der Waals surface area (Å²) >= 11 is 0. The molecule has 1 aliphatic rings. The maximum absolute atomic E-state index is 8.92. The van der Waals surface area contributed by atoms with E-state index in [9.17, 15) is 0 Å². The third-order valence-corrected chi connectivity index (χ3v) is 3.67. The van der Waals surface area contributed by atoms with E-state index in [1.54, 1.807) is 12.5 Å². The van der Waals surface area contributed by atoms with Gasteiger partial charge >= 0.3 is 0 Å². The highest BCUT2D eigenvalue weighted by atomic mass is 16.4. The van der Waals surface area contributed by atoms with Gasteiger partial charge < -0.3 is 10.9 Å². The number of benzene rings is 1. The molecule has 2 aromatic heterocycles. The van der Waals surface area contributed by atoms with E-state index in [0.717, 1.165) is 22.6 Å². The van der Waals surface area contributed by atoms with Crippen LogP contribution in [-0.4, -0.2) is 30.4 Å². The van der Waals surface area contributed by atoms with Crippen LogP contribution < -0.4 is 5.73 Å². The molecule has 1 aliphatic heterocycles. The van der Waals surface area contributed by atoms with E-state index in [1.807, 2.05) is 39.6 Å². The van der Waals surface area contributed by atoms with Gasteiger partial charge in [0.25, 0.3) is 0 Å². The number of rotatable bonds is 1. The van der Waals surface area contributed by atoms with Gasteiger partial charge in [-0.25, -0.2) is 4.98 Å². The van der Waals surface area contributed by atoms with E-state index in [0.29, 0.717) is 12.2 Å². The molecule has 0 saturated carbocycles. The third kappa shape index (κ3) is 1.57. The molecule has 7 nitrogen and oxygen atoms in total. The van der Waals surface area contributed by atoms with Gasteiger partial charge in [-0.1, -0.05) is 23.4 Å². The van der Waals surface area contributed by atoms with Gasteiger partial charge in [-0.2, -0.15) is 5.10 Å². The molecule has 0 spiro atoms. The number of hydrogen-bond donors (Lipinski definition) is 2. The van der Waals surface area contributed by atoms with Gasteiger partial charge in [0.1, 0.15) is 12.0 Å². The van der Waals surface area contributed by atoms with Gasteiger partial charge in [-0.05, 0) is 12.1 Å². The molecular weight excluding hydrogens is 268 g/mol. The summed E-state index contributed by atoms with van der Waals surface area (Å²) in [5.41, 5.74) is 10.1. The summed E-state index contributed by atoms with van der Waals surface area (Å²) in [4.78, 5) is 4.27. The molecule has 0 radical (unpaired) electrons. The van der Waals surface area contributed by atoms with Crippen molar-refractivity contribution >= 4 is 5.84 Å². The highest BCUT2D eigenvalue weighted by molar-refractivity contribution is 5.96. The van der Waals surface area contributed by atoms with Crippen molar-refractivity contribution < 1.29 is 5.21 Å². The molecule has 3 aromatic rings. The Kier molecular flexibility index (Phi) is 2.34. The van der Waals surface area contributed by atoms with E-state index in [2.05, 4.69) is 15.2 Å². The lowest BCUT2D eigenvalue weighted by Crippen LogP contribution is -2.18. The number of nitrogens with zero attached hydrogens (tertiary/aromatic N) is 5. The maximum Gasteiger partial charge on any atom is 0.190 e. The first-order valence-electron chi connectivity index (χ1n) is 6.45. The highest BCUT2D eigenvalue weighted by Gasteiger charge is 2.23. The monoisotopic (exact) mass is 280 g/mol. The van der Waals surface area contributed by atoms with Crippen molar-refractivity contribution in [3.05, 3.63) is 54.2 Å². The minimum absolute atomic E-state index is 0.00293. The average Bonchev–Trinajstić information content (AvgIpc) is 3.12. The normalized spacial score (nSPS) is 13.2. The topological polar surface area (TPSA) is 94.3 Å². The first-order valence-corrected chi connectivity index (χ1v) is 6.45. The van der Waals surface area contributed by atoms with Gasteiger partial charge in [0, 0.05) is 11.8 Å². The van der Waals surface area contributed by atoms with Crippen LogP contribution in [0.3, 0.4) is 0 Å². The van der Waals surface area contributed by atoms with Crippen LogP contribution in [0.5, 0.6) is 0 Å². The summed E-state index contributed by atoms with van der Waals surface area (Å²) in [6, 6.07) is 9.99. The largest absolute Gasteiger partial charge is 0.409 e. The highest BCUT2D eigenvalue weighted by Crippen LogP contribution is 2.31. The summed E-state index contributed by atoms with van der Waals surface area (Å²) in [6.07, 6.45) is 3.45. The Bertz CT molecular complexity index is 860. The number of hydrogen-bond acceptors (Lipinski definition) is 4. The average molecular weight is 280 g/mol. The van der Waals surface area contributed by atoms with Crippen LogP contribution in [0, 0.1) is 0 Å². The van der Waals surface area contributed by atoms with Crippen molar-refractivity contribution in [3.8, 4) is 16.9 Å². The molecular formula is C14H12N6O. The molecule has 0 amide bonds. The lowest BCUT2D eigenvalue weighted by atomic mass is 10.1. The Morgan fingerprint density at radius 1 is 1.29 bits per heavy atom. The molecule has 4 rings (SSSR count). The summed E-state index contributed by atoms with van der Waals surface area (Å²) in [6.45, 7) is 0.503. The summed E-state index contributed by atoms with van der Waals surface area (Å²) in [5, 5.41) is 16.3. The Balaban J connectivity index is 2.06.